The minimum atomic E-state index is -0.221. The Morgan fingerprint density at radius 3 is 2.39 bits per heavy atom. The number of amides is 1. The van der Waals surface area contributed by atoms with Gasteiger partial charge in [0.1, 0.15) is 11.6 Å². The number of aromatic nitrogens is 2. The Balaban J connectivity index is 1.29. The Hall–Kier alpha value is -3.13. The zero-order valence-corrected chi connectivity index (χ0v) is 18.1. The van der Waals surface area contributed by atoms with Crippen LogP contribution in [0.1, 0.15) is 5.56 Å². The molecule has 1 aliphatic rings. The van der Waals surface area contributed by atoms with E-state index in [9.17, 15) is 9.18 Å². The second kappa shape index (κ2) is 9.78. The van der Waals surface area contributed by atoms with E-state index in [1.165, 1.54) is 23.9 Å². The Kier molecular flexibility index (Phi) is 6.66. The maximum atomic E-state index is 13.1. The average Bonchev–Trinajstić information content (AvgIpc) is 2.80. The number of carbonyl (C=O) groups excluding carboxylic acids is 1. The lowest BCUT2D eigenvalue weighted by molar-refractivity contribution is -0.113. The predicted octanol–water partition coefficient (Wildman–Crippen LogP) is 3.98. The number of nitrogens with zero attached hydrogens (tertiary/aromatic N) is 4. The molecule has 0 saturated carbocycles. The summed E-state index contributed by atoms with van der Waals surface area (Å²) in [6.45, 7) is 5.29. The van der Waals surface area contributed by atoms with Gasteiger partial charge in [-0.3, -0.25) is 4.79 Å². The van der Waals surface area contributed by atoms with E-state index >= 15 is 0 Å². The van der Waals surface area contributed by atoms with Gasteiger partial charge in [-0.05, 0) is 49.4 Å². The first-order chi connectivity index (χ1) is 15.1. The van der Waals surface area contributed by atoms with E-state index in [-0.39, 0.29) is 17.5 Å². The van der Waals surface area contributed by atoms with Crippen molar-refractivity contribution in [2.75, 3.05) is 47.0 Å². The van der Waals surface area contributed by atoms with Crippen LogP contribution in [0.3, 0.4) is 0 Å². The van der Waals surface area contributed by atoms with Crippen molar-refractivity contribution in [3.63, 3.8) is 0 Å². The summed E-state index contributed by atoms with van der Waals surface area (Å²) in [5.74, 6) is 0.794. The molecule has 160 valence electrons. The van der Waals surface area contributed by atoms with Gasteiger partial charge in [0.15, 0.2) is 5.16 Å². The summed E-state index contributed by atoms with van der Waals surface area (Å²) in [5, 5.41) is 3.47. The quantitative estimate of drug-likeness (QED) is 0.465. The fourth-order valence-electron chi connectivity index (χ4n) is 3.39. The van der Waals surface area contributed by atoms with Gasteiger partial charge in [0.2, 0.25) is 5.91 Å². The first-order valence-electron chi connectivity index (χ1n) is 10.1. The fourth-order valence-corrected chi connectivity index (χ4v) is 4.01. The van der Waals surface area contributed by atoms with Crippen molar-refractivity contribution >= 4 is 34.9 Å². The number of nitrogens with one attached hydrogen (secondary N) is 1. The second-order valence-electron chi connectivity index (χ2n) is 7.35. The monoisotopic (exact) mass is 437 g/mol. The summed E-state index contributed by atoms with van der Waals surface area (Å²) in [4.78, 5) is 25.6. The summed E-state index contributed by atoms with van der Waals surface area (Å²) >= 11 is 1.32. The van der Waals surface area contributed by atoms with E-state index in [1.807, 2.05) is 49.4 Å². The zero-order valence-electron chi connectivity index (χ0n) is 17.3. The third-order valence-electron chi connectivity index (χ3n) is 5.08. The molecule has 1 aromatic heterocycles. The topological polar surface area (TPSA) is 61.4 Å². The number of hydrogen-bond donors (Lipinski definition) is 1. The molecule has 8 heteroatoms. The molecule has 0 unspecified atom stereocenters. The molecule has 31 heavy (non-hydrogen) atoms. The van der Waals surface area contributed by atoms with Crippen LogP contribution in [0.4, 0.5) is 21.6 Å². The van der Waals surface area contributed by atoms with Crippen molar-refractivity contribution in [1.29, 1.82) is 0 Å². The Bertz CT molecular complexity index is 1020. The lowest BCUT2D eigenvalue weighted by atomic mass is 10.2. The molecule has 1 fully saturated rings. The van der Waals surface area contributed by atoms with Gasteiger partial charge in [-0.2, -0.15) is 0 Å². The summed E-state index contributed by atoms with van der Waals surface area (Å²) in [5.41, 5.74) is 2.96. The summed E-state index contributed by atoms with van der Waals surface area (Å²) in [6, 6.07) is 16.2. The van der Waals surface area contributed by atoms with Crippen molar-refractivity contribution in [3.05, 3.63) is 72.2 Å². The van der Waals surface area contributed by atoms with Gasteiger partial charge in [-0.1, -0.05) is 29.5 Å². The molecule has 6 nitrogen and oxygen atoms in total. The lowest BCUT2D eigenvalue weighted by Crippen LogP contribution is -2.46. The number of benzene rings is 2. The highest BCUT2D eigenvalue weighted by Crippen LogP contribution is 2.22. The van der Waals surface area contributed by atoms with E-state index in [4.69, 9.17) is 0 Å². The predicted molar refractivity (Wildman–Crippen MR) is 123 cm³/mol. The standard InChI is InChI=1S/C23H24FN5OS/c1-17-2-6-19(7-3-17)26-22(30)16-31-23-25-11-10-21(27-23)29-14-12-28(13-15-29)20-8-4-18(24)5-9-20/h2-11H,12-16H2,1H3,(H,26,30). The van der Waals surface area contributed by atoms with Crippen molar-refractivity contribution in [2.24, 2.45) is 0 Å². The molecule has 1 aliphatic heterocycles. The number of thioether (sulfide) groups is 1. The van der Waals surface area contributed by atoms with E-state index in [0.29, 0.717) is 5.16 Å². The van der Waals surface area contributed by atoms with Gasteiger partial charge >= 0.3 is 0 Å². The molecule has 3 aromatic rings. The van der Waals surface area contributed by atoms with Gasteiger partial charge in [0.25, 0.3) is 0 Å². The minimum absolute atomic E-state index is 0.0873. The minimum Gasteiger partial charge on any atom is -0.368 e. The smallest absolute Gasteiger partial charge is 0.234 e. The maximum Gasteiger partial charge on any atom is 0.234 e. The Morgan fingerprint density at radius 1 is 1.00 bits per heavy atom. The van der Waals surface area contributed by atoms with Crippen LogP contribution in [0.2, 0.25) is 0 Å². The van der Waals surface area contributed by atoms with E-state index in [1.54, 1.807) is 6.20 Å². The summed E-state index contributed by atoms with van der Waals surface area (Å²) in [7, 11) is 0. The van der Waals surface area contributed by atoms with E-state index in [2.05, 4.69) is 25.1 Å². The molecule has 4 rings (SSSR count). The van der Waals surface area contributed by atoms with Crippen LogP contribution in [0.25, 0.3) is 0 Å². The molecule has 0 bridgehead atoms. The highest BCUT2D eigenvalue weighted by Gasteiger charge is 2.19. The van der Waals surface area contributed by atoms with Crippen molar-refractivity contribution in [2.45, 2.75) is 12.1 Å². The van der Waals surface area contributed by atoms with Crippen LogP contribution >= 0.6 is 11.8 Å². The van der Waals surface area contributed by atoms with Gasteiger partial charge in [-0.15, -0.1) is 0 Å². The first kappa shape index (κ1) is 21.1. The zero-order chi connectivity index (χ0) is 21.6. The SMILES string of the molecule is Cc1ccc(NC(=O)CSc2nccc(N3CCN(c4ccc(F)cc4)CC3)n2)cc1. The summed E-state index contributed by atoms with van der Waals surface area (Å²) < 4.78 is 13.1. The fraction of sp³-hybridized carbons (Fsp3) is 0.261. The number of carbonyl (C=O) groups is 1. The Labute approximate surface area is 185 Å². The van der Waals surface area contributed by atoms with Crippen molar-refractivity contribution < 1.29 is 9.18 Å². The number of halogens is 1. The molecule has 2 aromatic carbocycles. The number of anilines is 3. The molecule has 1 amide bonds. The van der Waals surface area contributed by atoms with Crippen LogP contribution < -0.4 is 15.1 Å². The van der Waals surface area contributed by atoms with E-state index in [0.717, 1.165) is 48.9 Å². The first-order valence-corrected chi connectivity index (χ1v) is 11.1. The molecular weight excluding hydrogens is 413 g/mol. The Morgan fingerprint density at radius 2 is 1.68 bits per heavy atom. The maximum absolute atomic E-state index is 13.1. The number of piperazine rings is 1. The van der Waals surface area contributed by atoms with Crippen LogP contribution in [-0.2, 0) is 4.79 Å². The highest BCUT2D eigenvalue weighted by molar-refractivity contribution is 7.99. The normalized spacial score (nSPS) is 13.9. The lowest BCUT2D eigenvalue weighted by Gasteiger charge is -2.36. The van der Waals surface area contributed by atoms with Gasteiger partial charge in [0.05, 0.1) is 5.75 Å². The van der Waals surface area contributed by atoms with Gasteiger partial charge < -0.3 is 15.1 Å². The van der Waals surface area contributed by atoms with Crippen LogP contribution in [0, 0.1) is 12.7 Å². The van der Waals surface area contributed by atoms with Gasteiger partial charge in [-0.25, -0.2) is 14.4 Å². The molecule has 1 saturated heterocycles. The molecule has 0 spiro atoms. The van der Waals surface area contributed by atoms with Gasteiger partial charge in [0, 0.05) is 43.8 Å². The average molecular weight is 438 g/mol. The largest absolute Gasteiger partial charge is 0.368 e. The molecule has 2 heterocycles. The molecule has 0 aliphatic carbocycles. The molecular formula is C23H24FN5OS. The van der Waals surface area contributed by atoms with Crippen molar-refractivity contribution in [1.82, 2.24) is 9.97 Å². The highest BCUT2D eigenvalue weighted by atomic mass is 32.2. The number of rotatable bonds is 6. The van der Waals surface area contributed by atoms with Crippen LogP contribution in [-0.4, -0.2) is 47.8 Å². The molecule has 1 N–H and O–H groups in total. The molecule has 0 atom stereocenters. The van der Waals surface area contributed by atoms with E-state index < -0.39 is 0 Å². The third-order valence-corrected chi connectivity index (χ3v) is 5.94. The number of aryl methyl sites for hydroxylation is 1. The second-order valence-corrected chi connectivity index (χ2v) is 8.29. The number of hydrogen-bond acceptors (Lipinski definition) is 6. The summed E-state index contributed by atoms with van der Waals surface area (Å²) in [6.07, 6.45) is 1.73. The van der Waals surface area contributed by atoms with Crippen LogP contribution in [0.15, 0.2) is 66.0 Å². The van der Waals surface area contributed by atoms with Crippen LogP contribution in [0.5, 0.6) is 0 Å². The third kappa shape index (κ3) is 5.73. The van der Waals surface area contributed by atoms with Crippen molar-refractivity contribution in [3.8, 4) is 0 Å². The molecule has 0 radical (unpaired) electrons.